The summed E-state index contributed by atoms with van der Waals surface area (Å²) in [6.07, 6.45) is 2.71. The SMILES string of the molecule is OCc1cccnc1OCC1CCOC1. The van der Waals surface area contributed by atoms with E-state index in [4.69, 9.17) is 14.6 Å². The number of aliphatic hydroxyl groups is 1. The molecule has 1 aromatic rings. The molecule has 1 fully saturated rings. The Morgan fingerprint density at radius 1 is 1.60 bits per heavy atom. The zero-order chi connectivity index (χ0) is 10.5. The van der Waals surface area contributed by atoms with E-state index < -0.39 is 0 Å². The van der Waals surface area contributed by atoms with Crippen LogP contribution in [0.25, 0.3) is 0 Å². The second-order valence-electron chi connectivity index (χ2n) is 3.67. The van der Waals surface area contributed by atoms with E-state index in [2.05, 4.69) is 4.98 Å². The molecule has 1 unspecified atom stereocenters. The van der Waals surface area contributed by atoms with Crippen LogP contribution in [0.3, 0.4) is 0 Å². The molecule has 1 aliphatic rings. The molecule has 0 spiro atoms. The topological polar surface area (TPSA) is 51.6 Å². The third kappa shape index (κ3) is 2.67. The molecule has 4 heteroatoms. The van der Waals surface area contributed by atoms with Gasteiger partial charge in [0.25, 0.3) is 0 Å². The van der Waals surface area contributed by atoms with Gasteiger partial charge < -0.3 is 14.6 Å². The van der Waals surface area contributed by atoms with Crippen LogP contribution in [0.2, 0.25) is 0 Å². The number of ether oxygens (including phenoxy) is 2. The zero-order valence-electron chi connectivity index (χ0n) is 8.56. The van der Waals surface area contributed by atoms with Gasteiger partial charge in [0, 0.05) is 24.3 Å². The van der Waals surface area contributed by atoms with Crippen LogP contribution in [0.15, 0.2) is 18.3 Å². The van der Waals surface area contributed by atoms with Gasteiger partial charge in [-0.2, -0.15) is 0 Å². The Morgan fingerprint density at radius 2 is 2.53 bits per heavy atom. The van der Waals surface area contributed by atoms with E-state index in [0.717, 1.165) is 25.2 Å². The van der Waals surface area contributed by atoms with E-state index in [1.807, 2.05) is 6.07 Å². The van der Waals surface area contributed by atoms with Crippen molar-refractivity contribution in [2.75, 3.05) is 19.8 Å². The van der Waals surface area contributed by atoms with Crippen molar-refractivity contribution in [3.63, 3.8) is 0 Å². The Morgan fingerprint density at radius 3 is 3.27 bits per heavy atom. The van der Waals surface area contributed by atoms with Crippen molar-refractivity contribution in [2.24, 2.45) is 5.92 Å². The predicted octanol–water partition coefficient (Wildman–Crippen LogP) is 0.989. The molecule has 0 aromatic carbocycles. The first-order chi connectivity index (χ1) is 7.40. The Balaban J connectivity index is 1.91. The Bertz CT molecular complexity index is 310. The van der Waals surface area contributed by atoms with Gasteiger partial charge in [-0.1, -0.05) is 0 Å². The lowest BCUT2D eigenvalue weighted by atomic mass is 10.1. The molecule has 0 radical (unpaired) electrons. The largest absolute Gasteiger partial charge is 0.477 e. The lowest BCUT2D eigenvalue weighted by Gasteiger charge is -2.11. The van der Waals surface area contributed by atoms with Gasteiger partial charge in [0.15, 0.2) is 0 Å². The first-order valence-corrected chi connectivity index (χ1v) is 5.15. The molecular weight excluding hydrogens is 194 g/mol. The minimum atomic E-state index is -0.0374. The Labute approximate surface area is 88.9 Å². The summed E-state index contributed by atoms with van der Waals surface area (Å²) in [4.78, 5) is 4.09. The maximum Gasteiger partial charge on any atom is 0.218 e. The molecule has 1 atom stereocenters. The molecule has 1 aliphatic heterocycles. The standard InChI is InChI=1S/C11H15NO3/c13-6-10-2-1-4-12-11(10)15-8-9-3-5-14-7-9/h1-2,4,9,13H,3,5-8H2. The fraction of sp³-hybridized carbons (Fsp3) is 0.545. The molecule has 0 bridgehead atoms. The lowest BCUT2D eigenvalue weighted by molar-refractivity contribution is 0.164. The molecule has 0 aliphatic carbocycles. The maximum absolute atomic E-state index is 9.07. The number of aromatic nitrogens is 1. The van der Waals surface area contributed by atoms with E-state index in [1.165, 1.54) is 0 Å². The van der Waals surface area contributed by atoms with Crippen molar-refractivity contribution in [1.82, 2.24) is 4.98 Å². The smallest absolute Gasteiger partial charge is 0.218 e. The number of nitrogens with zero attached hydrogens (tertiary/aromatic N) is 1. The molecule has 1 N–H and O–H groups in total. The lowest BCUT2D eigenvalue weighted by Crippen LogP contribution is -2.13. The van der Waals surface area contributed by atoms with Gasteiger partial charge in [0.1, 0.15) is 0 Å². The summed E-state index contributed by atoms with van der Waals surface area (Å²) in [6, 6.07) is 3.60. The van der Waals surface area contributed by atoms with Gasteiger partial charge in [-0.25, -0.2) is 4.98 Å². The average molecular weight is 209 g/mol. The molecule has 0 saturated carbocycles. The normalized spacial score (nSPS) is 20.5. The molecule has 2 heterocycles. The summed E-state index contributed by atoms with van der Waals surface area (Å²) >= 11 is 0. The van der Waals surface area contributed by atoms with Crippen molar-refractivity contribution >= 4 is 0 Å². The quantitative estimate of drug-likeness (QED) is 0.803. The van der Waals surface area contributed by atoms with E-state index in [0.29, 0.717) is 18.4 Å². The minimum absolute atomic E-state index is 0.0374. The summed E-state index contributed by atoms with van der Waals surface area (Å²) in [5, 5.41) is 9.07. The van der Waals surface area contributed by atoms with Crippen molar-refractivity contribution in [2.45, 2.75) is 13.0 Å². The average Bonchev–Trinajstić information content (AvgIpc) is 2.79. The van der Waals surface area contributed by atoms with Crippen LogP contribution in [-0.4, -0.2) is 29.9 Å². The van der Waals surface area contributed by atoms with Gasteiger partial charge in [-0.05, 0) is 18.6 Å². The first kappa shape index (κ1) is 10.4. The van der Waals surface area contributed by atoms with Crippen LogP contribution >= 0.6 is 0 Å². The highest BCUT2D eigenvalue weighted by Gasteiger charge is 2.17. The maximum atomic E-state index is 9.07. The number of pyridine rings is 1. The molecule has 82 valence electrons. The molecule has 1 saturated heterocycles. The number of rotatable bonds is 4. The number of hydrogen-bond acceptors (Lipinski definition) is 4. The second-order valence-corrected chi connectivity index (χ2v) is 3.67. The highest BCUT2D eigenvalue weighted by molar-refractivity contribution is 5.24. The van der Waals surface area contributed by atoms with Crippen molar-refractivity contribution < 1.29 is 14.6 Å². The summed E-state index contributed by atoms with van der Waals surface area (Å²) in [6.45, 7) is 2.17. The van der Waals surface area contributed by atoms with Gasteiger partial charge in [0.05, 0.1) is 19.8 Å². The molecule has 2 rings (SSSR count). The zero-order valence-corrected chi connectivity index (χ0v) is 8.56. The summed E-state index contributed by atoms with van der Waals surface area (Å²) in [7, 11) is 0. The number of aliphatic hydroxyl groups excluding tert-OH is 1. The molecular formula is C11H15NO3. The Hall–Kier alpha value is -1.13. The third-order valence-electron chi connectivity index (χ3n) is 2.50. The van der Waals surface area contributed by atoms with E-state index in [1.54, 1.807) is 12.3 Å². The van der Waals surface area contributed by atoms with Crippen LogP contribution in [-0.2, 0) is 11.3 Å². The monoisotopic (exact) mass is 209 g/mol. The van der Waals surface area contributed by atoms with Crippen molar-refractivity contribution in [3.8, 4) is 5.88 Å². The molecule has 1 aromatic heterocycles. The molecule has 4 nitrogen and oxygen atoms in total. The van der Waals surface area contributed by atoms with Crippen LogP contribution in [0, 0.1) is 5.92 Å². The van der Waals surface area contributed by atoms with Gasteiger partial charge in [-0.3, -0.25) is 0 Å². The third-order valence-corrected chi connectivity index (χ3v) is 2.50. The van der Waals surface area contributed by atoms with Crippen LogP contribution in [0.5, 0.6) is 5.88 Å². The highest BCUT2D eigenvalue weighted by atomic mass is 16.5. The van der Waals surface area contributed by atoms with E-state index in [-0.39, 0.29) is 6.61 Å². The van der Waals surface area contributed by atoms with Crippen LogP contribution in [0.1, 0.15) is 12.0 Å². The fourth-order valence-electron chi connectivity index (χ4n) is 1.59. The van der Waals surface area contributed by atoms with E-state index in [9.17, 15) is 0 Å². The molecule has 0 amide bonds. The van der Waals surface area contributed by atoms with Crippen LogP contribution < -0.4 is 4.74 Å². The Kier molecular flexibility index (Phi) is 3.53. The summed E-state index contributed by atoms with van der Waals surface area (Å²) in [5.41, 5.74) is 0.733. The predicted molar refractivity (Wildman–Crippen MR) is 54.6 cm³/mol. The first-order valence-electron chi connectivity index (χ1n) is 5.15. The number of hydrogen-bond donors (Lipinski definition) is 1. The van der Waals surface area contributed by atoms with E-state index >= 15 is 0 Å². The van der Waals surface area contributed by atoms with Crippen LogP contribution in [0.4, 0.5) is 0 Å². The van der Waals surface area contributed by atoms with Gasteiger partial charge >= 0.3 is 0 Å². The van der Waals surface area contributed by atoms with Gasteiger partial charge in [-0.15, -0.1) is 0 Å². The molecule has 15 heavy (non-hydrogen) atoms. The minimum Gasteiger partial charge on any atom is -0.477 e. The summed E-state index contributed by atoms with van der Waals surface area (Å²) in [5.74, 6) is 0.991. The summed E-state index contributed by atoms with van der Waals surface area (Å²) < 4.78 is 10.8. The van der Waals surface area contributed by atoms with Gasteiger partial charge in [0.2, 0.25) is 5.88 Å². The van der Waals surface area contributed by atoms with Crippen molar-refractivity contribution in [1.29, 1.82) is 0 Å². The highest BCUT2D eigenvalue weighted by Crippen LogP contribution is 2.17. The van der Waals surface area contributed by atoms with Crippen molar-refractivity contribution in [3.05, 3.63) is 23.9 Å². The fourth-order valence-corrected chi connectivity index (χ4v) is 1.59. The second kappa shape index (κ2) is 5.09.